The van der Waals surface area contributed by atoms with Crippen molar-refractivity contribution >= 4 is 91.3 Å². The number of carbonyl (C=O) groups excluding carboxylic acids is 2. The third-order valence-electron chi connectivity index (χ3n) is 3.45. The number of rotatable bonds is 5. The molecule has 6 nitrogen and oxygen atoms in total. The molecule has 1 unspecified atom stereocenters. The van der Waals surface area contributed by atoms with Crippen molar-refractivity contribution in [2.24, 2.45) is 0 Å². The molecular weight excluding hydrogens is 523 g/mol. The Balaban J connectivity index is 2.02. The van der Waals surface area contributed by atoms with Crippen molar-refractivity contribution < 1.29 is 9.59 Å². The number of anilines is 2. The van der Waals surface area contributed by atoms with Crippen LogP contribution in [0.1, 0.15) is 17.3 Å². The second-order valence-corrected chi connectivity index (χ2v) is 9.50. The molecule has 0 aromatic heterocycles. The zero-order chi connectivity index (χ0) is 21.6. The second-order valence-electron chi connectivity index (χ2n) is 5.81. The fraction of sp³-hybridized carbons (Fsp3) is 0.167. The van der Waals surface area contributed by atoms with E-state index in [1.54, 1.807) is 48.5 Å². The second kappa shape index (κ2) is 10.4. The van der Waals surface area contributed by atoms with E-state index >= 15 is 0 Å². The molecule has 4 N–H and O–H groups in total. The van der Waals surface area contributed by atoms with Crippen LogP contribution in [0.15, 0.2) is 53.0 Å². The summed E-state index contributed by atoms with van der Waals surface area (Å²) < 4.78 is -1.04. The van der Waals surface area contributed by atoms with Gasteiger partial charge in [0, 0.05) is 28.3 Å². The number of hydrogen-bond acceptors (Lipinski definition) is 3. The summed E-state index contributed by atoms with van der Waals surface area (Å²) in [5.74, 6) is -0.612. The minimum Gasteiger partial charge on any atom is -0.339 e. The van der Waals surface area contributed by atoms with Gasteiger partial charge in [0.25, 0.3) is 5.91 Å². The number of benzene rings is 2. The van der Waals surface area contributed by atoms with E-state index in [-0.39, 0.29) is 11.0 Å². The number of thiocarbonyl (C=S) groups is 1. The SMILES string of the molecule is CC(=O)Nc1ccc(NC(=S)NC(NC(=O)c2ccc(Br)cc2)C(Cl)(Cl)Cl)cc1. The highest BCUT2D eigenvalue weighted by Crippen LogP contribution is 2.29. The number of amides is 2. The highest BCUT2D eigenvalue weighted by molar-refractivity contribution is 9.10. The van der Waals surface area contributed by atoms with E-state index in [1.165, 1.54) is 6.92 Å². The highest BCUT2D eigenvalue weighted by Gasteiger charge is 2.34. The summed E-state index contributed by atoms with van der Waals surface area (Å²) in [5, 5.41) is 11.1. The first-order valence-electron chi connectivity index (χ1n) is 8.13. The molecule has 0 saturated heterocycles. The van der Waals surface area contributed by atoms with E-state index in [9.17, 15) is 9.59 Å². The molecule has 11 heteroatoms. The molecule has 1 atom stereocenters. The van der Waals surface area contributed by atoms with Crippen LogP contribution in [-0.2, 0) is 4.79 Å². The van der Waals surface area contributed by atoms with E-state index in [0.717, 1.165) is 4.47 Å². The van der Waals surface area contributed by atoms with Crippen LogP contribution in [0.4, 0.5) is 11.4 Å². The van der Waals surface area contributed by atoms with Gasteiger partial charge in [-0.15, -0.1) is 0 Å². The highest BCUT2D eigenvalue weighted by atomic mass is 79.9. The normalized spacial score (nSPS) is 11.9. The quantitative estimate of drug-likeness (QED) is 0.249. The van der Waals surface area contributed by atoms with Crippen LogP contribution in [-0.4, -0.2) is 26.9 Å². The molecule has 0 radical (unpaired) electrons. The van der Waals surface area contributed by atoms with Crippen LogP contribution in [0, 0.1) is 0 Å². The molecule has 0 saturated carbocycles. The third kappa shape index (κ3) is 7.98. The average molecular weight is 539 g/mol. The smallest absolute Gasteiger partial charge is 0.252 e. The monoisotopic (exact) mass is 536 g/mol. The Labute approximate surface area is 196 Å². The van der Waals surface area contributed by atoms with Crippen molar-refractivity contribution in [1.29, 1.82) is 0 Å². The van der Waals surface area contributed by atoms with E-state index < -0.39 is 15.9 Å². The van der Waals surface area contributed by atoms with Gasteiger partial charge in [0.15, 0.2) is 5.11 Å². The molecular formula is C18H16BrCl3N4O2S. The topological polar surface area (TPSA) is 82.3 Å². The van der Waals surface area contributed by atoms with Gasteiger partial charge >= 0.3 is 0 Å². The molecule has 0 aliphatic rings. The summed E-state index contributed by atoms with van der Waals surface area (Å²) in [7, 11) is 0. The van der Waals surface area contributed by atoms with Gasteiger partial charge in [0.2, 0.25) is 9.70 Å². The Morgan fingerprint density at radius 2 is 1.45 bits per heavy atom. The van der Waals surface area contributed by atoms with Crippen molar-refractivity contribution in [1.82, 2.24) is 10.6 Å². The van der Waals surface area contributed by atoms with Crippen LogP contribution >= 0.6 is 63.0 Å². The molecule has 154 valence electrons. The zero-order valence-corrected chi connectivity index (χ0v) is 19.6. The van der Waals surface area contributed by atoms with Crippen molar-refractivity contribution in [3.8, 4) is 0 Å². The minimum atomic E-state index is -1.87. The average Bonchev–Trinajstić information content (AvgIpc) is 2.62. The molecule has 2 amide bonds. The van der Waals surface area contributed by atoms with E-state index in [2.05, 4.69) is 37.2 Å². The first-order valence-corrected chi connectivity index (χ1v) is 10.5. The molecule has 0 fully saturated rings. The first-order chi connectivity index (χ1) is 13.5. The van der Waals surface area contributed by atoms with Crippen molar-refractivity contribution in [3.63, 3.8) is 0 Å². The van der Waals surface area contributed by atoms with E-state index in [4.69, 9.17) is 47.0 Å². The third-order valence-corrected chi connectivity index (χ3v) is 4.85. The molecule has 2 aromatic carbocycles. The lowest BCUT2D eigenvalue weighted by Gasteiger charge is -2.27. The van der Waals surface area contributed by atoms with Gasteiger partial charge in [-0.25, -0.2) is 0 Å². The zero-order valence-electron chi connectivity index (χ0n) is 14.9. The standard InChI is InChI=1S/C18H16BrCl3N4O2S/c1-10(27)23-13-6-8-14(9-7-13)24-17(29)26-16(18(20,21)22)25-15(28)11-2-4-12(19)5-3-11/h2-9,16H,1H3,(H,23,27)(H,25,28)(H2,24,26,29). The number of carbonyl (C=O) groups is 2. The predicted molar refractivity (Wildman–Crippen MR) is 126 cm³/mol. The Bertz CT molecular complexity index is 889. The van der Waals surface area contributed by atoms with Crippen LogP contribution in [0.25, 0.3) is 0 Å². The molecule has 2 rings (SSSR count). The summed E-state index contributed by atoms with van der Waals surface area (Å²) in [6.07, 6.45) is -1.10. The molecule has 2 aromatic rings. The number of halogens is 4. The molecule has 0 aliphatic heterocycles. The summed E-state index contributed by atoms with van der Waals surface area (Å²) >= 11 is 26.5. The van der Waals surface area contributed by atoms with Crippen LogP contribution < -0.4 is 21.3 Å². The van der Waals surface area contributed by atoms with Gasteiger partial charge in [0.1, 0.15) is 6.17 Å². The summed E-state index contributed by atoms with van der Waals surface area (Å²) in [5.41, 5.74) is 1.67. The Morgan fingerprint density at radius 3 is 1.93 bits per heavy atom. The molecule has 0 spiro atoms. The lowest BCUT2D eigenvalue weighted by molar-refractivity contribution is -0.114. The first kappa shape index (κ1) is 23.7. The molecule has 29 heavy (non-hydrogen) atoms. The summed E-state index contributed by atoms with van der Waals surface area (Å²) in [6, 6.07) is 13.5. The van der Waals surface area contributed by atoms with E-state index in [0.29, 0.717) is 16.9 Å². The number of nitrogens with one attached hydrogen (secondary N) is 4. The Kier molecular flexibility index (Phi) is 8.54. The lowest BCUT2D eigenvalue weighted by atomic mass is 10.2. The Morgan fingerprint density at radius 1 is 0.931 bits per heavy atom. The summed E-state index contributed by atoms with van der Waals surface area (Å²) in [4.78, 5) is 23.5. The lowest BCUT2D eigenvalue weighted by Crippen LogP contribution is -2.56. The molecule has 0 aliphatic carbocycles. The van der Waals surface area contributed by atoms with Crippen LogP contribution in [0.5, 0.6) is 0 Å². The molecule has 0 bridgehead atoms. The summed E-state index contributed by atoms with van der Waals surface area (Å²) in [6.45, 7) is 1.42. The van der Waals surface area contributed by atoms with E-state index in [1.807, 2.05) is 0 Å². The van der Waals surface area contributed by atoms with Gasteiger partial charge in [-0.2, -0.15) is 0 Å². The number of alkyl halides is 3. The minimum absolute atomic E-state index is 0.129. The Hall–Kier alpha value is -1.58. The number of hydrogen-bond donors (Lipinski definition) is 4. The predicted octanol–water partition coefficient (Wildman–Crippen LogP) is 4.82. The van der Waals surface area contributed by atoms with Gasteiger partial charge < -0.3 is 21.3 Å². The maximum atomic E-state index is 12.4. The van der Waals surface area contributed by atoms with Crippen molar-refractivity contribution in [3.05, 3.63) is 58.6 Å². The molecule has 0 heterocycles. The maximum absolute atomic E-state index is 12.4. The van der Waals surface area contributed by atoms with Gasteiger partial charge in [-0.3, -0.25) is 9.59 Å². The van der Waals surface area contributed by atoms with Crippen molar-refractivity contribution in [2.45, 2.75) is 16.9 Å². The van der Waals surface area contributed by atoms with Gasteiger partial charge in [-0.05, 0) is 60.7 Å². The van der Waals surface area contributed by atoms with Crippen molar-refractivity contribution in [2.75, 3.05) is 10.6 Å². The van der Waals surface area contributed by atoms with Gasteiger partial charge in [0.05, 0.1) is 0 Å². The maximum Gasteiger partial charge on any atom is 0.252 e. The fourth-order valence-corrected chi connectivity index (χ4v) is 2.98. The van der Waals surface area contributed by atoms with Crippen LogP contribution in [0.3, 0.4) is 0 Å². The van der Waals surface area contributed by atoms with Gasteiger partial charge in [-0.1, -0.05) is 50.7 Å². The fourth-order valence-electron chi connectivity index (χ4n) is 2.15. The van der Waals surface area contributed by atoms with Crippen LogP contribution in [0.2, 0.25) is 0 Å². The largest absolute Gasteiger partial charge is 0.339 e.